The van der Waals surface area contributed by atoms with Crippen LogP contribution in [0.15, 0.2) is 47.6 Å². The molecule has 0 bridgehead atoms. The summed E-state index contributed by atoms with van der Waals surface area (Å²) >= 11 is 0. The van der Waals surface area contributed by atoms with Crippen LogP contribution in [0.5, 0.6) is 0 Å². The fourth-order valence-corrected chi connectivity index (χ4v) is 2.59. The quantitative estimate of drug-likeness (QED) is 0.421. The summed E-state index contributed by atoms with van der Waals surface area (Å²) in [6, 6.07) is 11.1. The van der Waals surface area contributed by atoms with E-state index in [0.717, 1.165) is 30.2 Å². The number of aromatic amines is 1. The van der Waals surface area contributed by atoms with Crippen LogP contribution in [-0.4, -0.2) is 47.4 Å². The van der Waals surface area contributed by atoms with Crippen LogP contribution >= 0.6 is 0 Å². The third-order valence-electron chi connectivity index (χ3n) is 3.78. The number of nitrogen functional groups attached to an aromatic ring is 1. The molecule has 1 aromatic carbocycles. The van der Waals surface area contributed by atoms with E-state index in [1.165, 1.54) is 0 Å². The van der Waals surface area contributed by atoms with E-state index in [-0.39, 0.29) is 11.9 Å². The van der Waals surface area contributed by atoms with Gasteiger partial charge in [-0.25, -0.2) is 4.99 Å². The summed E-state index contributed by atoms with van der Waals surface area (Å²) in [7, 11) is 0. The molecule has 27 heavy (non-hydrogen) atoms. The zero-order valence-electron chi connectivity index (χ0n) is 17.1. The second-order valence-corrected chi connectivity index (χ2v) is 5.62. The Balaban J connectivity index is 0.000000855. The minimum Gasteiger partial charge on any atom is -0.399 e. The highest BCUT2D eigenvalue weighted by Crippen LogP contribution is 2.13. The van der Waals surface area contributed by atoms with Crippen LogP contribution in [0.3, 0.4) is 0 Å². The van der Waals surface area contributed by atoms with Gasteiger partial charge in [0, 0.05) is 30.5 Å². The Labute approximate surface area is 163 Å². The van der Waals surface area contributed by atoms with Gasteiger partial charge in [0.15, 0.2) is 11.7 Å². The first-order valence-corrected chi connectivity index (χ1v) is 9.67. The number of rotatable bonds is 2. The maximum atomic E-state index is 8.30. The van der Waals surface area contributed by atoms with E-state index < -0.39 is 0 Å². The normalized spacial score (nSPS) is 16.6. The second-order valence-electron chi connectivity index (χ2n) is 5.62. The number of nitrogens with zero attached hydrogens (tertiary/aromatic N) is 2. The number of amidine groups is 2. The van der Waals surface area contributed by atoms with Gasteiger partial charge in [0.1, 0.15) is 0 Å². The number of hydrogen-bond acceptors (Lipinski definition) is 3. The summed E-state index contributed by atoms with van der Waals surface area (Å²) < 4.78 is 5.60. The highest BCUT2D eigenvalue weighted by Gasteiger charge is 2.22. The van der Waals surface area contributed by atoms with E-state index in [4.69, 9.17) is 15.9 Å². The molecule has 1 aliphatic heterocycles. The molecule has 148 valence electrons. The van der Waals surface area contributed by atoms with Crippen LogP contribution in [0.4, 0.5) is 5.69 Å². The second kappa shape index (κ2) is 11.9. The van der Waals surface area contributed by atoms with Gasteiger partial charge in [-0.3, -0.25) is 5.41 Å². The average molecular weight is 372 g/mol. The maximum absolute atomic E-state index is 8.30. The summed E-state index contributed by atoms with van der Waals surface area (Å²) in [5.74, 6) is 0.987. The molecule has 1 unspecified atom stereocenters. The Morgan fingerprint density at radius 3 is 2.41 bits per heavy atom. The Hall–Kier alpha value is -2.60. The molecular formula is C21H33N5O. The first kappa shape index (κ1) is 22.4. The summed E-state index contributed by atoms with van der Waals surface area (Å²) in [6.45, 7) is 12.2. The van der Waals surface area contributed by atoms with Gasteiger partial charge >= 0.3 is 0 Å². The number of anilines is 1. The highest BCUT2D eigenvalue weighted by atomic mass is 16.5. The van der Waals surface area contributed by atoms with E-state index >= 15 is 0 Å². The van der Waals surface area contributed by atoms with Crippen molar-refractivity contribution in [2.75, 3.05) is 25.4 Å². The fraction of sp³-hybridized carbons (Fsp3) is 0.429. The summed E-state index contributed by atoms with van der Waals surface area (Å²) in [5.41, 5.74) is 8.02. The molecule has 6 heteroatoms. The van der Waals surface area contributed by atoms with Crippen molar-refractivity contribution in [1.29, 1.82) is 5.41 Å². The fourth-order valence-electron chi connectivity index (χ4n) is 2.59. The van der Waals surface area contributed by atoms with E-state index in [0.29, 0.717) is 12.3 Å². The Morgan fingerprint density at radius 2 is 1.85 bits per heavy atom. The average Bonchev–Trinajstić information content (AvgIpc) is 3.24. The smallest absolute Gasteiger partial charge is 0.155 e. The van der Waals surface area contributed by atoms with Crippen molar-refractivity contribution in [3.05, 3.63) is 53.9 Å². The van der Waals surface area contributed by atoms with E-state index in [1.807, 2.05) is 65.1 Å². The first-order valence-electron chi connectivity index (χ1n) is 9.67. The zero-order chi connectivity index (χ0) is 20.2. The Morgan fingerprint density at radius 1 is 1.19 bits per heavy atom. The van der Waals surface area contributed by atoms with E-state index in [2.05, 4.69) is 14.9 Å². The highest BCUT2D eigenvalue weighted by molar-refractivity contribution is 6.09. The molecule has 6 nitrogen and oxygen atoms in total. The molecule has 1 aromatic heterocycles. The zero-order valence-corrected chi connectivity index (χ0v) is 17.1. The lowest BCUT2D eigenvalue weighted by atomic mass is 10.2. The molecule has 0 aliphatic carbocycles. The number of nitrogens with two attached hydrogens (primary N) is 1. The minimum absolute atomic E-state index is 0.148. The molecule has 0 spiro atoms. The van der Waals surface area contributed by atoms with Crippen LogP contribution in [0, 0.1) is 5.41 Å². The van der Waals surface area contributed by atoms with Gasteiger partial charge in [-0.1, -0.05) is 27.7 Å². The van der Waals surface area contributed by atoms with Gasteiger partial charge in [-0.2, -0.15) is 0 Å². The number of hydrogen-bond donors (Lipinski definition) is 3. The SMILES string of the molecule is CC.CC.CC1CN(C(=NC(=N)c2ccc(N)cc2)c2ccc[nH]2)CCO1. The standard InChI is InChI=1S/C17H21N5O.2C2H6/c1-12-11-22(9-10-23-12)17(15-3-2-8-20-15)21-16(19)13-4-6-14(18)7-5-13;2*1-2/h2-8,12,19-20H,9-11,18H2,1H3;2*1-2H3. The molecule has 0 saturated carbocycles. The number of aromatic nitrogens is 1. The van der Waals surface area contributed by atoms with Gasteiger partial charge in [0.2, 0.25) is 0 Å². The van der Waals surface area contributed by atoms with Gasteiger partial charge < -0.3 is 20.4 Å². The molecule has 1 aliphatic rings. The van der Waals surface area contributed by atoms with Crippen molar-refractivity contribution < 1.29 is 4.74 Å². The lowest BCUT2D eigenvalue weighted by Gasteiger charge is -2.33. The van der Waals surface area contributed by atoms with Crippen LogP contribution < -0.4 is 5.73 Å². The van der Waals surface area contributed by atoms with Crippen molar-refractivity contribution >= 4 is 17.4 Å². The topological polar surface area (TPSA) is 90.5 Å². The van der Waals surface area contributed by atoms with Crippen molar-refractivity contribution in [3.8, 4) is 0 Å². The predicted molar refractivity (Wildman–Crippen MR) is 115 cm³/mol. The molecule has 4 N–H and O–H groups in total. The molecule has 1 saturated heterocycles. The largest absolute Gasteiger partial charge is 0.399 e. The molecule has 1 atom stereocenters. The van der Waals surface area contributed by atoms with Gasteiger partial charge in [-0.15, -0.1) is 0 Å². The number of ether oxygens (including phenoxy) is 1. The van der Waals surface area contributed by atoms with Gasteiger partial charge in [-0.05, 0) is 43.3 Å². The van der Waals surface area contributed by atoms with Gasteiger partial charge in [0.25, 0.3) is 0 Å². The number of nitrogens with one attached hydrogen (secondary N) is 2. The number of morpholine rings is 1. The maximum Gasteiger partial charge on any atom is 0.155 e. The Bertz CT molecular complexity index is 692. The molecule has 2 aromatic rings. The van der Waals surface area contributed by atoms with Crippen LogP contribution in [0.2, 0.25) is 0 Å². The van der Waals surface area contributed by atoms with Crippen molar-refractivity contribution in [2.24, 2.45) is 4.99 Å². The van der Waals surface area contributed by atoms with E-state index in [9.17, 15) is 0 Å². The number of aliphatic imine (C=N–C) groups is 1. The minimum atomic E-state index is 0.148. The molecule has 0 amide bonds. The lowest BCUT2D eigenvalue weighted by Crippen LogP contribution is -2.45. The summed E-state index contributed by atoms with van der Waals surface area (Å²) in [4.78, 5) is 9.92. The van der Waals surface area contributed by atoms with Gasteiger partial charge in [0.05, 0.1) is 18.4 Å². The first-order chi connectivity index (χ1) is 13.1. The van der Waals surface area contributed by atoms with Crippen molar-refractivity contribution in [3.63, 3.8) is 0 Å². The van der Waals surface area contributed by atoms with Crippen molar-refractivity contribution in [1.82, 2.24) is 9.88 Å². The molecule has 0 radical (unpaired) electrons. The third-order valence-corrected chi connectivity index (χ3v) is 3.78. The van der Waals surface area contributed by atoms with Crippen LogP contribution in [-0.2, 0) is 4.74 Å². The third kappa shape index (κ3) is 6.57. The molecule has 2 heterocycles. The predicted octanol–water partition coefficient (Wildman–Crippen LogP) is 4.14. The van der Waals surface area contributed by atoms with Crippen LogP contribution in [0.1, 0.15) is 45.9 Å². The Kier molecular flexibility index (Phi) is 9.90. The molecule has 3 rings (SSSR count). The molecular weight excluding hydrogens is 338 g/mol. The van der Waals surface area contributed by atoms with Crippen molar-refractivity contribution in [2.45, 2.75) is 40.7 Å². The number of benzene rings is 1. The monoisotopic (exact) mass is 371 g/mol. The molecule has 1 fully saturated rings. The van der Waals surface area contributed by atoms with E-state index in [1.54, 1.807) is 12.1 Å². The lowest BCUT2D eigenvalue weighted by molar-refractivity contribution is 0.00595. The summed E-state index contributed by atoms with van der Waals surface area (Å²) in [5, 5.41) is 8.30. The summed E-state index contributed by atoms with van der Waals surface area (Å²) in [6.07, 6.45) is 2.01. The van der Waals surface area contributed by atoms with Crippen LogP contribution in [0.25, 0.3) is 0 Å². The number of H-pyrrole nitrogens is 1.